The van der Waals surface area contributed by atoms with E-state index in [2.05, 4.69) is 0 Å². The summed E-state index contributed by atoms with van der Waals surface area (Å²) >= 11 is 0. The number of para-hydroxylation sites is 1. The third-order valence-corrected chi connectivity index (χ3v) is 4.57. The second kappa shape index (κ2) is 5.52. The summed E-state index contributed by atoms with van der Waals surface area (Å²) in [5.74, 6) is 0.608. The van der Waals surface area contributed by atoms with Crippen LogP contribution in [0.1, 0.15) is 44.9 Å². The molecule has 1 unspecified atom stereocenters. The molecule has 2 aliphatic rings. The predicted molar refractivity (Wildman–Crippen MR) is 77.9 cm³/mol. The molecule has 1 aromatic rings. The number of hydrogen-bond donors (Lipinski definition) is 2. The molecule has 0 aromatic heterocycles. The summed E-state index contributed by atoms with van der Waals surface area (Å²) in [6, 6.07) is 5.07. The first-order valence-corrected chi connectivity index (χ1v) is 7.57. The van der Waals surface area contributed by atoms with Gasteiger partial charge < -0.3 is 20.3 Å². The first kappa shape index (κ1) is 13.6. The zero-order valence-electron chi connectivity index (χ0n) is 11.8. The molecule has 0 bridgehead atoms. The van der Waals surface area contributed by atoms with Gasteiger partial charge in [0, 0.05) is 0 Å². The molecule has 3 rings (SSSR count). The second-order valence-corrected chi connectivity index (χ2v) is 6.02. The molecule has 4 nitrogen and oxygen atoms in total. The van der Waals surface area contributed by atoms with Crippen LogP contribution in [0.4, 0.5) is 5.69 Å². The number of nitrogens with two attached hydrogens (primary N) is 1. The fourth-order valence-electron chi connectivity index (χ4n) is 3.42. The number of benzene rings is 1. The minimum atomic E-state index is 0.0681. The van der Waals surface area contributed by atoms with Gasteiger partial charge in [-0.3, -0.25) is 0 Å². The number of ether oxygens (including phenoxy) is 2. The van der Waals surface area contributed by atoms with Crippen molar-refractivity contribution in [2.45, 2.75) is 56.7 Å². The Bertz CT molecular complexity index is 469. The lowest BCUT2D eigenvalue weighted by molar-refractivity contribution is -0.0748. The van der Waals surface area contributed by atoms with Gasteiger partial charge in [0.1, 0.15) is 23.8 Å². The van der Waals surface area contributed by atoms with Crippen LogP contribution in [0.3, 0.4) is 0 Å². The molecule has 1 saturated carbocycles. The minimum absolute atomic E-state index is 0.0681. The van der Waals surface area contributed by atoms with Gasteiger partial charge >= 0.3 is 0 Å². The van der Waals surface area contributed by atoms with E-state index in [0.717, 1.165) is 12.8 Å². The monoisotopic (exact) mass is 277 g/mol. The number of hydrogen-bond acceptors (Lipinski definition) is 4. The van der Waals surface area contributed by atoms with Gasteiger partial charge in [-0.2, -0.15) is 0 Å². The maximum Gasteiger partial charge on any atom is 0.146 e. The van der Waals surface area contributed by atoms with E-state index >= 15 is 0 Å². The summed E-state index contributed by atoms with van der Waals surface area (Å²) in [5.41, 5.74) is 6.21. The number of rotatable bonds is 3. The molecule has 0 amide bonds. The zero-order valence-corrected chi connectivity index (χ0v) is 11.8. The number of phenolic OH excluding ortho intramolecular Hbond substituents is 1. The first-order valence-electron chi connectivity index (χ1n) is 7.57. The van der Waals surface area contributed by atoms with E-state index in [9.17, 15) is 5.11 Å². The molecule has 1 spiro atoms. The smallest absolute Gasteiger partial charge is 0.146 e. The molecule has 1 aromatic carbocycles. The van der Waals surface area contributed by atoms with Crippen LogP contribution in [0.25, 0.3) is 0 Å². The normalized spacial score (nSPS) is 24.9. The third kappa shape index (κ3) is 2.70. The van der Waals surface area contributed by atoms with E-state index in [-0.39, 0.29) is 17.5 Å². The van der Waals surface area contributed by atoms with Crippen LogP contribution in [0.15, 0.2) is 18.2 Å². The molecule has 1 atom stereocenters. The highest BCUT2D eigenvalue weighted by atomic mass is 16.6. The number of phenols is 1. The van der Waals surface area contributed by atoms with Crippen LogP contribution < -0.4 is 10.5 Å². The molecular weight excluding hydrogens is 254 g/mol. The van der Waals surface area contributed by atoms with E-state index in [1.165, 1.54) is 32.1 Å². The molecule has 1 aliphatic carbocycles. The van der Waals surface area contributed by atoms with Crippen molar-refractivity contribution in [1.29, 1.82) is 0 Å². The van der Waals surface area contributed by atoms with Crippen LogP contribution in [-0.2, 0) is 4.74 Å². The van der Waals surface area contributed by atoms with E-state index in [0.29, 0.717) is 18.0 Å². The maximum atomic E-state index is 9.55. The Morgan fingerprint density at radius 3 is 2.85 bits per heavy atom. The minimum Gasteiger partial charge on any atom is -0.506 e. The average Bonchev–Trinajstić information content (AvgIpc) is 2.84. The van der Waals surface area contributed by atoms with Crippen LogP contribution in [0, 0.1) is 0 Å². The lowest BCUT2D eigenvalue weighted by atomic mass is 9.83. The Kier molecular flexibility index (Phi) is 3.74. The zero-order chi connectivity index (χ0) is 14.0. The fourth-order valence-corrected chi connectivity index (χ4v) is 3.42. The Morgan fingerprint density at radius 1 is 1.25 bits per heavy atom. The van der Waals surface area contributed by atoms with Crippen molar-refractivity contribution in [3.63, 3.8) is 0 Å². The van der Waals surface area contributed by atoms with Gasteiger partial charge in [-0.1, -0.05) is 25.3 Å². The molecule has 1 aliphatic heterocycles. The molecule has 20 heavy (non-hydrogen) atoms. The van der Waals surface area contributed by atoms with Crippen LogP contribution in [0.5, 0.6) is 11.5 Å². The highest BCUT2D eigenvalue weighted by Gasteiger charge is 2.40. The predicted octanol–water partition coefficient (Wildman–Crippen LogP) is 3.24. The second-order valence-electron chi connectivity index (χ2n) is 6.02. The van der Waals surface area contributed by atoms with Crippen molar-refractivity contribution in [3.8, 4) is 11.5 Å². The molecule has 1 heterocycles. The van der Waals surface area contributed by atoms with Gasteiger partial charge in [0.05, 0.1) is 11.7 Å². The van der Waals surface area contributed by atoms with Crippen molar-refractivity contribution in [1.82, 2.24) is 0 Å². The quantitative estimate of drug-likeness (QED) is 0.657. The summed E-state index contributed by atoms with van der Waals surface area (Å²) in [7, 11) is 0. The van der Waals surface area contributed by atoms with Gasteiger partial charge in [0.25, 0.3) is 0 Å². The van der Waals surface area contributed by atoms with Gasteiger partial charge in [-0.25, -0.2) is 0 Å². The highest BCUT2D eigenvalue weighted by Crippen LogP contribution is 2.42. The van der Waals surface area contributed by atoms with Crippen molar-refractivity contribution in [2.75, 3.05) is 12.3 Å². The van der Waals surface area contributed by atoms with E-state index in [4.69, 9.17) is 15.2 Å². The van der Waals surface area contributed by atoms with E-state index in [1.54, 1.807) is 18.2 Å². The largest absolute Gasteiger partial charge is 0.506 e. The molecule has 110 valence electrons. The van der Waals surface area contributed by atoms with Gasteiger partial charge in [0.2, 0.25) is 0 Å². The summed E-state index contributed by atoms with van der Waals surface area (Å²) in [5, 5.41) is 9.55. The lowest BCUT2D eigenvalue weighted by Crippen LogP contribution is -2.32. The van der Waals surface area contributed by atoms with Crippen molar-refractivity contribution >= 4 is 5.69 Å². The third-order valence-electron chi connectivity index (χ3n) is 4.57. The SMILES string of the molecule is Nc1c(O)cccc1OCC1CCC2(CCCCC2)O1. The highest BCUT2D eigenvalue weighted by molar-refractivity contribution is 5.61. The van der Waals surface area contributed by atoms with Crippen molar-refractivity contribution < 1.29 is 14.6 Å². The van der Waals surface area contributed by atoms with Crippen LogP contribution in [0.2, 0.25) is 0 Å². The molecule has 1 saturated heterocycles. The molecular formula is C16H23NO3. The van der Waals surface area contributed by atoms with E-state index in [1.807, 2.05) is 0 Å². The Morgan fingerprint density at radius 2 is 2.05 bits per heavy atom. The number of nitrogen functional groups attached to an aromatic ring is 1. The van der Waals surface area contributed by atoms with Crippen LogP contribution in [-0.4, -0.2) is 23.4 Å². The van der Waals surface area contributed by atoms with E-state index < -0.39 is 0 Å². The topological polar surface area (TPSA) is 64.7 Å². The average molecular weight is 277 g/mol. The van der Waals surface area contributed by atoms with Crippen molar-refractivity contribution in [2.24, 2.45) is 0 Å². The lowest BCUT2D eigenvalue weighted by Gasteiger charge is -2.33. The Hall–Kier alpha value is -1.42. The molecule has 0 radical (unpaired) electrons. The summed E-state index contributed by atoms with van der Waals surface area (Å²) in [4.78, 5) is 0. The Labute approximate surface area is 119 Å². The van der Waals surface area contributed by atoms with Gasteiger partial charge in [0.15, 0.2) is 0 Å². The van der Waals surface area contributed by atoms with Gasteiger partial charge in [-0.15, -0.1) is 0 Å². The Balaban J connectivity index is 1.56. The fraction of sp³-hybridized carbons (Fsp3) is 0.625. The van der Waals surface area contributed by atoms with Gasteiger partial charge in [-0.05, 0) is 37.8 Å². The van der Waals surface area contributed by atoms with Crippen LogP contribution >= 0.6 is 0 Å². The standard InChI is InChI=1S/C16H23NO3/c17-15-13(18)5-4-6-14(15)19-11-12-7-10-16(20-12)8-2-1-3-9-16/h4-6,12,18H,1-3,7-11,17H2. The molecule has 4 heteroatoms. The summed E-state index contributed by atoms with van der Waals surface area (Å²) < 4.78 is 12.0. The molecule has 3 N–H and O–H groups in total. The first-order chi connectivity index (χ1) is 9.69. The summed E-state index contributed by atoms with van der Waals surface area (Å²) in [6.45, 7) is 0.509. The summed E-state index contributed by atoms with van der Waals surface area (Å²) in [6.07, 6.45) is 8.65. The molecule has 2 fully saturated rings. The van der Waals surface area contributed by atoms with Crippen molar-refractivity contribution in [3.05, 3.63) is 18.2 Å². The number of anilines is 1. The number of aromatic hydroxyl groups is 1. The maximum absolute atomic E-state index is 9.55.